The Hall–Kier alpha value is -1.85. The summed E-state index contributed by atoms with van der Waals surface area (Å²) in [5, 5.41) is 0. The van der Waals surface area contributed by atoms with Crippen molar-refractivity contribution < 1.29 is 27.5 Å². The lowest BCUT2D eigenvalue weighted by atomic mass is 10.0. The number of rotatable bonds is 5. The number of benzene rings is 1. The maximum Gasteiger partial charge on any atom is 0.400 e. The van der Waals surface area contributed by atoms with Crippen molar-refractivity contribution >= 4 is 11.8 Å². The first-order valence-electron chi connectivity index (χ1n) is 5.21. The van der Waals surface area contributed by atoms with Crippen LogP contribution in [0.5, 0.6) is 0 Å². The Morgan fingerprint density at radius 3 is 2.44 bits per heavy atom. The van der Waals surface area contributed by atoms with Crippen LogP contribution in [-0.4, -0.2) is 24.3 Å². The van der Waals surface area contributed by atoms with Gasteiger partial charge >= 0.3 is 11.9 Å². The summed E-state index contributed by atoms with van der Waals surface area (Å²) in [6, 6.07) is 5.03. The quantitative estimate of drug-likeness (QED) is 0.601. The summed E-state index contributed by atoms with van der Waals surface area (Å²) in [6.45, 7) is 1.08. The number of carbonyl (C=O) groups is 2. The SMILES string of the molecule is CCOC(=O)C(F)(F)C(=O)Cc1ccccc1F. The molecule has 6 heteroatoms. The topological polar surface area (TPSA) is 43.4 Å². The van der Waals surface area contributed by atoms with E-state index >= 15 is 0 Å². The number of hydrogen-bond acceptors (Lipinski definition) is 3. The van der Waals surface area contributed by atoms with Crippen molar-refractivity contribution in [1.82, 2.24) is 0 Å². The second-order valence-corrected chi connectivity index (χ2v) is 3.49. The molecule has 0 spiro atoms. The van der Waals surface area contributed by atoms with Gasteiger partial charge in [0.15, 0.2) is 0 Å². The molecule has 18 heavy (non-hydrogen) atoms. The van der Waals surface area contributed by atoms with E-state index in [1.807, 2.05) is 0 Å². The summed E-state index contributed by atoms with van der Waals surface area (Å²) in [5.74, 6) is -8.62. The summed E-state index contributed by atoms with van der Waals surface area (Å²) in [7, 11) is 0. The molecule has 0 aromatic heterocycles. The van der Waals surface area contributed by atoms with Crippen LogP contribution >= 0.6 is 0 Å². The summed E-state index contributed by atoms with van der Waals surface area (Å²) in [5.41, 5.74) is -0.188. The van der Waals surface area contributed by atoms with Gasteiger partial charge in [-0.05, 0) is 18.6 Å². The van der Waals surface area contributed by atoms with Gasteiger partial charge in [0.1, 0.15) is 5.82 Å². The third-order valence-electron chi connectivity index (χ3n) is 2.19. The second-order valence-electron chi connectivity index (χ2n) is 3.49. The van der Waals surface area contributed by atoms with Gasteiger partial charge in [-0.3, -0.25) is 4.79 Å². The molecule has 0 aliphatic rings. The van der Waals surface area contributed by atoms with Gasteiger partial charge in [0.2, 0.25) is 5.78 Å². The molecule has 0 heterocycles. The molecule has 0 aliphatic carbocycles. The van der Waals surface area contributed by atoms with E-state index in [4.69, 9.17) is 0 Å². The Kier molecular flexibility index (Phi) is 4.47. The Balaban J connectivity index is 2.82. The van der Waals surface area contributed by atoms with Crippen molar-refractivity contribution in [2.75, 3.05) is 6.61 Å². The van der Waals surface area contributed by atoms with E-state index in [1.54, 1.807) is 0 Å². The zero-order valence-electron chi connectivity index (χ0n) is 9.58. The van der Waals surface area contributed by atoms with E-state index < -0.39 is 29.9 Å². The third-order valence-corrected chi connectivity index (χ3v) is 2.19. The van der Waals surface area contributed by atoms with Crippen molar-refractivity contribution in [3.05, 3.63) is 35.6 Å². The average molecular weight is 260 g/mol. The molecule has 98 valence electrons. The fraction of sp³-hybridized carbons (Fsp3) is 0.333. The van der Waals surface area contributed by atoms with Crippen molar-refractivity contribution in [2.24, 2.45) is 0 Å². The number of halogens is 3. The highest BCUT2D eigenvalue weighted by Crippen LogP contribution is 2.20. The molecule has 3 nitrogen and oxygen atoms in total. The first kappa shape index (κ1) is 14.2. The average Bonchev–Trinajstić information content (AvgIpc) is 2.32. The summed E-state index contributed by atoms with van der Waals surface area (Å²) in [6.07, 6.45) is -0.863. The fourth-order valence-electron chi connectivity index (χ4n) is 1.26. The summed E-state index contributed by atoms with van der Waals surface area (Å²) in [4.78, 5) is 22.2. The van der Waals surface area contributed by atoms with Crippen LogP contribution in [0.15, 0.2) is 24.3 Å². The molecule has 0 bridgehead atoms. The van der Waals surface area contributed by atoms with Crippen molar-refractivity contribution in [2.45, 2.75) is 19.3 Å². The predicted molar refractivity (Wildman–Crippen MR) is 56.7 cm³/mol. The van der Waals surface area contributed by atoms with E-state index in [9.17, 15) is 22.8 Å². The normalized spacial score (nSPS) is 11.1. The fourth-order valence-corrected chi connectivity index (χ4v) is 1.26. The minimum atomic E-state index is -4.25. The van der Waals surface area contributed by atoms with Crippen LogP contribution < -0.4 is 0 Å². The zero-order chi connectivity index (χ0) is 13.8. The molecule has 0 saturated heterocycles. The number of alkyl halides is 2. The largest absolute Gasteiger partial charge is 0.461 e. The van der Waals surface area contributed by atoms with Crippen LogP contribution in [0.25, 0.3) is 0 Å². The Bertz CT molecular complexity index is 458. The molecular formula is C12H11F3O3. The van der Waals surface area contributed by atoms with E-state index in [-0.39, 0.29) is 12.2 Å². The van der Waals surface area contributed by atoms with Crippen LogP contribution in [0.1, 0.15) is 12.5 Å². The van der Waals surface area contributed by atoms with Gasteiger partial charge in [-0.15, -0.1) is 0 Å². The molecule has 0 atom stereocenters. The first-order chi connectivity index (χ1) is 8.39. The highest BCUT2D eigenvalue weighted by atomic mass is 19.3. The number of ketones is 1. The molecule has 0 unspecified atom stereocenters. The van der Waals surface area contributed by atoms with E-state index in [2.05, 4.69) is 4.74 Å². The molecular weight excluding hydrogens is 249 g/mol. The number of ether oxygens (including phenoxy) is 1. The third kappa shape index (κ3) is 3.09. The Labute approximate surface area is 102 Å². The predicted octanol–water partition coefficient (Wildman–Crippen LogP) is 2.14. The molecule has 0 aliphatic heterocycles. The van der Waals surface area contributed by atoms with Crippen LogP contribution in [0.2, 0.25) is 0 Å². The molecule has 1 rings (SSSR count). The highest BCUT2D eigenvalue weighted by Gasteiger charge is 2.48. The summed E-state index contributed by atoms with van der Waals surface area (Å²) >= 11 is 0. The van der Waals surface area contributed by atoms with Crippen molar-refractivity contribution in [3.8, 4) is 0 Å². The van der Waals surface area contributed by atoms with Gasteiger partial charge in [0.25, 0.3) is 0 Å². The molecule has 0 radical (unpaired) electrons. The molecule has 0 amide bonds. The summed E-state index contributed by atoms with van der Waals surface area (Å²) < 4.78 is 43.8. The lowest BCUT2D eigenvalue weighted by Crippen LogP contribution is -2.40. The monoisotopic (exact) mass is 260 g/mol. The van der Waals surface area contributed by atoms with Crippen LogP contribution in [0.4, 0.5) is 13.2 Å². The number of esters is 1. The minimum absolute atomic E-state index is 0.188. The molecule has 0 saturated carbocycles. The van der Waals surface area contributed by atoms with Crippen molar-refractivity contribution in [3.63, 3.8) is 0 Å². The van der Waals surface area contributed by atoms with Gasteiger partial charge < -0.3 is 4.74 Å². The molecule has 1 aromatic rings. The molecule has 0 N–H and O–H groups in total. The van der Waals surface area contributed by atoms with E-state index in [0.29, 0.717) is 0 Å². The number of hydrogen-bond donors (Lipinski definition) is 0. The van der Waals surface area contributed by atoms with Gasteiger partial charge in [-0.25, -0.2) is 9.18 Å². The maximum atomic E-state index is 13.3. The Morgan fingerprint density at radius 1 is 1.28 bits per heavy atom. The molecule has 1 aromatic carbocycles. The molecule has 0 fully saturated rings. The van der Waals surface area contributed by atoms with Crippen LogP contribution in [0.3, 0.4) is 0 Å². The van der Waals surface area contributed by atoms with Crippen molar-refractivity contribution in [1.29, 1.82) is 0 Å². The van der Waals surface area contributed by atoms with Gasteiger partial charge in [-0.1, -0.05) is 18.2 Å². The zero-order valence-corrected chi connectivity index (χ0v) is 9.58. The minimum Gasteiger partial charge on any atom is -0.461 e. The van der Waals surface area contributed by atoms with E-state index in [1.165, 1.54) is 25.1 Å². The maximum absolute atomic E-state index is 13.3. The highest BCUT2D eigenvalue weighted by molar-refractivity contribution is 6.06. The van der Waals surface area contributed by atoms with E-state index in [0.717, 1.165) is 6.07 Å². The lowest BCUT2D eigenvalue weighted by Gasteiger charge is -2.13. The van der Waals surface area contributed by atoms with Crippen LogP contribution in [-0.2, 0) is 20.7 Å². The van der Waals surface area contributed by atoms with Gasteiger partial charge in [-0.2, -0.15) is 8.78 Å². The van der Waals surface area contributed by atoms with Gasteiger partial charge in [0.05, 0.1) is 6.61 Å². The van der Waals surface area contributed by atoms with Gasteiger partial charge in [0, 0.05) is 6.42 Å². The standard InChI is InChI=1S/C12H11F3O3/c1-2-18-11(17)12(14,15)10(16)7-8-5-3-4-6-9(8)13/h3-6H,2,7H2,1H3. The first-order valence-corrected chi connectivity index (χ1v) is 5.21. The smallest absolute Gasteiger partial charge is 0.400 e. The Morgan fingerprint density at radius 2 is 1.89 bits per heavy atom. The number of Topliss-reactive ketones (excluding diaryl/α,β-unsaturated/α-hetero) is 1. The second kappa shape index (κ2) is 5.66. The lowest BCUT2D eigenvalue weighted by molar-refractivity contribution is -0.176. The number of carbonyl (C=O) groups excluding carboxylic acids is 2. The van der Waals surface area contributed by atoms with Crippen LogP contribution in [0, 0.1) is 5.82 Å².